The average molecular weight is 394 g/mol. The number of ether oxygens (including phenoxy) is 1. The lowest BCUT2D eigenvalue weighted by Gasteiger charge is -2.60. The third-order valence-corrected chi connectivity index (χ3v) is 5.77. The van der Waals surface area contributed by atoms with Crippen molar-refractivity contribution in [1.82, 2.24) is 14.9 Å². The van der Waals surface area contributed by atoms with Crippen LogP contribution in [0.5, 0.6) is 5.75 Å². The van der Waals surface area contributed by atoms with Crippen molar-refractivity contribution >= 4 is 17.7 Å². The van der Waals surface area contributed by atoms with Crippen molar-refractivity contribution in [1.29, 1.82) is 5.26 Å². The molecule has 8 nitrogen and oxygen atoms in total. The average Bonchev–Trinajstić information content (AvgIpc) is 2.66. The number of carbonyl (C=O) groups is 1. The molecule has 1 atom stereocenters. The largest absolute Gasteiger partial charge is 0.489 e. The molecule has 2 aromatic rings. The van der Waals surface area contributed by atoms with Crippen molar-refractivity contribution in [3.8, 4) is 11.8 Å². The van der Waals surface area contributed by atoms with Gasteiger partial charge >= 0.3 is 6.03 Å². The summed E-state index contributed by atoms with van der Waals surface area (Å²) in [5, 5.41) is 9.03. The van der Waals surface area contributed by atoms with Gasteiger partial charge in [0.05, 0.1) is 17.3 Å². The quantitative estimate of drug-likeness (QED) is 0.736. The maximum absolute atomic E-state index is 14.2. The number of hydrogen-bond donors (Lipinski definition) is 0. The third kappa shape index (κ3) is 2.75. The molecule has 9 heteroatoms. The molecule has 3 aliphatic rings. The van der Waals surface area contributed by atoms with Crippen molar-refractivity contribution in [3.63, 3.8) is 0 Å². The number of likely N-dealkylation sites (tertiary alicyclic amines) is 1. The van der Waals surface area contributed by atoms with Crippen LogP contribution in [0.25, 0.3) is 0 Å². The van der Waals surface area contributed by atoms with E-state index in [1.54, 1.807) is 34.3 Å². The lowest BCUT2D eigenvalue weighted by Crippen LogP contribution is -2.74. The van der Waals surface area contributed by atoms with Gasteiger partial charge in [-0.05, 0) is 13.0 Å². The second-order valence-corrected chi connectivity index (χ2v) is 7.99. The predicted octanol–water partition coefficient (Wildman–Crippen LogP) is 2.02. The van der Waals surface area contributed by atoms with Gasteiger partial charge in [-0.2, -0.15) is 5.26 Å². The van der Waals surface area contributed by atoms with Crippen LogP contribution in [-0.4, -0.2) is 59.7 Å². The van der Waals surface area contributed by atoms with E-state index >= 15 is 0 Å². The zero-order valence-electron chi connectivity index (χ0n) is 15.9. The van der Waals surface area contributed by atoms with E-state index in [2.05, 4.69) is 14.9 Å². The maximum Gasteiger partial charge on any atom is 0.325 e. The number of anilines is 2. The van der Waals surface area contributed by atoms with Gasteiger partial charge in [-0.25, -0.2) is 19.2 Å². The number of hydrogen-bond acceptors (Lipinski definition) is 6. The van der Waals surface area contributed by atoms with E-state index < -0.39 is 5.82 Å². The summed E-state index contributed by atoms with van der Waals surface area (Å²) in [7, 11) is 0. The molecule has 0 N–H and O–H groups in total. The number of urea groups is 1. The Morgan fingerprint density at radius 2 is 2.00 bits per heavy atom. The molecule has 2 saturated heterocycles. The molecule has 0 radical (unpaired) electrons. The van der Waals surface area contributed by atoms with E-state index in [-0.39, 0.29) is 23.1 Å². The summed E-state index contributed by atoms with van der Waals surface area (Å²) in [6, 6.07) is 5.78. The smallest absolute Gasteiger partial charge is 0.325 e. The zero-order chi connectivity index (χ0) is 20.2. The molecule has 0 aliphatic carbocycles. The van der Waals surface area contributed by atoms with Crippen molar-refractivity contribution < 1.29 is 13.9 Å². The molecule has 2 amide bonds. The maximum atomic E-state index is 14.2. The number of carbonyl (C=O) groups excluding carboxylic acids is 1. The first-order valence-electron chi connectivity index (χ1n) is 9.46. The van der Waals surface area contributed by atoms with Crippen molar-refractivity contribution in [2.75, 3.05) is 42.6 Å². The summed E-state index contributed by atoms with van der Waals surface area (Å²) in [6.07, 6.45) is 3.44. The van der Waals surface area contributed by atoms with Gasteiger partial charge < -0.3 is 14.5 Å². The van der Waals surface area contributed by atoms with Gasteiger partial charge in [-0.3, -0.25) is 4.90 Å². The molecule has 1 unspecified atom stereocenters. The van der Waals surface area contributed by atoms with E-state index in [0.29, 0.717) is 37.1 Å². The molecule has 4 heterocycles. The first-order valence-corrected chi connectivity index (χ1v) is 9.46. The minimum absolute atomic E-state index is 0.0726. The van der Waals surface area contributed by atoms with Crippen LogP contribution in [0.2, 0.25) is 0 Å². The van der Waals surface area contributed by atoms with Crippen LogP contribution in [0, 0.1) is 22.6 Å². The van der Waals surface area contributed by atoms with E-state index in [1.165, 1.54) is 12.1 Å². The van der Waals surface area contributed by atoms with Crippen LogP contribution < -0.4 is 14.5 Å². The second-order valence-electron chi connectivity index (χ2n) is 7.99. The SMILES string of the molecule is CC1COc2cc(C#N)c(F)cc2N1C(=O)N1CC2(C1)CN(c1ncccn1)C2. The summed E-state index contributed by atoms with van der Waals surface area (Å²) in [6.45, 7) is 5.09. The van der Waals surface area contributed by atoms with Crippen LogP contribution in [-0.2, 0) is 0 Å². The Balaban J connectivity index is 1.29. The normalized spacial score (nSPS) is 21.6. The van der Waals surface area contributed by atoms with Crippen LogP contribution in [0.4, 0.5) is 20.8 Å². The Kier molecular flexibility index (Phi) is 3.84. The van der Waals surface area contributed by atoms with E-state index in [9.17, 15) is 9.18 Å². The van der Waals surface area contributed by atoms with Gasteiger partial charge in [0.2, 0.25) is 5.95 Å². The lowest BCUT2D eigenvalue weighted by atomic mass is 9.73. The molecule has 1 aromatic carbocycles. The van der Waals surface area contributed by atoms with Gasteiger partial charge in [-0.1, -0.05) is 0 Å². The van der Waals surface area contributed by atoms with Gasteiger partial charge in [0.15, 0.2) is 0 Å². The number of aromatic nitrogens is 2. The minimum atomic E-state index is -0.653. The Morgan fingerprint density at radius 1 is 1.28 bits per heavy atom. The van der Waals surface area contributed by atoms with Crippen LogP contribution >= 0.6 is 0 Å². The fourth-order valence-electron chi connectivity index (χ4n) is 4.36. The zero-order valence-corrected chi connectivity index (χ0v) is 15.9. The summed E-state index contributed by atoms with van der Waals surface area (Å²) >= 11 is 0. The number of nitrogens with zero attached hydrogens (tertiary/aromatic N) is 6. The lowest BCUT2D eigenvalue weighted by molar-refractivity contribution is 0.00814. The summed E-state index contributed by atoms with van der Waals surface area (Å²) in [5.41, 5.74) is 0.355. The molecule has 0 saturated carbocycles. The standard InChI is InChI=1S/C20H19FN6O2/c1-13-8-29-17-5-14(7-22)15(21)6-16(17)27(13)19(28)26-11-20(12-26)9-25(10-20)18-23-3-2-4-24-18/h2-6,13H,8-12H2,1H3. The Bertz CT molecular complexity index is 1010. The predicted molar refractivity (Wildman–Crippen MR) is 102 cm³/mol. The number of nitriles is 1. The molecule has 29 heavy (non-hydrogen) atoms. The highest BCUT2D eigenvalue weighted by molar-refractivity contribution is 5.95. The number of rotatable bonds is 1. The number of benzene rings is 1. The van der Waals surface area contributed by atoms with E-state index in [1.807, 2.05) is 6.92 Å². The molecule has 148 valence electrons. The van der Waals surface area contributed by atoms with Gasteiger partial charge in [0.1, 0.15) is 24.2 Å². The molecular formula is C20H19FN6O2. The summed E-state index contributed by atoms with van der Waals surface area (Å²) in [5.74, 6) is 0.419. The van der Waals surface area contributed by atoms with Gasteiger partial charge in [0, 0.05) is 56.1 Å². The van der Waals surface area contributed by atoms with Gasteiger partial charge in [0.25, 0.3) is 0 Å². The van der Waals surface area contributed by atoms with Crippen LogP contribution in [0.1, 0.15) is 12.5 Å². The fourth-order valence-corrected chi connectivity index (χ4v) is 4.36. The minimum Gasteiger partial charge on any atom is -0.489 e. The van der Waals surface area contributed by atoms with Crippen molar-refractivity contribution in [2.24, 2.45) is 5.41 Å². The topological polar surface area (TPSA) is 85.6 Å². The molecular weight excluding hydrogens is 375 g/mol. The molecule has 5 rings (SSSR count). The van der Waals surface area contributed by atoms with Crippen molar-refractivity contribution in [3.05, 3.63) is 42.0 Å². The van der Waals surface area contributed by atoms with Gasteiger partial charge in [-0.15, -0.1) is 0 Å². The Labute approximate surface area is 167 Å². The number of halogens is 1. The molecule has 3 aliphatic heterocycles. The summed E-state index contributed by atoms with van der Waals surface area (Å²) < 4.78 is 19.8. The fraction of sp³-hybridized carbons (Fsp3) is 0.400. The Morgan fingerprint density at radius 3 is 2.69 bits per heavy atom. The molecule has 2 fully saturated rings. The highest BCUT2D eigenvalue weighted by atomic mass is 19.1. The molecule has 1 spiro atoms. The highest BCUT2D eigenvalue weighted by Crippen LogP contribution is 2.43. The highest BCUT2D eigenvalue weighted by Gasteiger charge is 2.55. The van der Waals surface area contributed by atoms with Crippen molar-refractivity contribution in [2.45, 2.75) is 13.0 Å². The number of amides is 2. The second kappa shape index (κ2) is 6.30. The monoisotopic (exact) mass is 394 g/mol. The summed E-state index contributed by atoms with van der Waals surface area (Å²) in [4.78, 5) is 27.2. The number of fused-ring (bicyclic) bond motifs is 1. The Hall–Kier alpha value is -3.41. The molecule has 1 aromatic heterocycles. The van der Waals surface area contributed by atoms with Crippen LogP contribution in [0.15, 0.2) is 30.6 Å². The van der Waals surface area contributed by atoms with Crippen LogP contribution in [0.3, 0.4) is 0 Å². The van der Waals surface area contributed by atoms with E-state index in [0.717, 1.165) is 13.1 Å². The first kappa shape index (κ1) is 17.7. The molecule has 0 bridgehead atoms. The first-order chi connectivity index (χ1) is 14.0. The van der Waals surface area contributed by atoms with E-state index in [4.69, 9.17) is 10.00 Å². The third-order valence-electron chi connectivity index (χ3n) is 5.77.